The van der Waals surface area contributed by atoms with Crippen LogP contribution in [0.2, 0.25) is 0 Å². The summed E-state index contributed by atoms with van der Waals surface area (Å²) >= 11 is 0. The maximum atomic E-state index is 11.0. The SMILES string of the molecule is Cc1cc(-c2cc(C(=O)O)ncn2)ccc1OCC1CC1. The molecule has 0 aliphatic heterocycles. The summed E-state index contributed by atoms with van der Waals surface area (Å²) in [7, 11) is 0. The number of aromatic carboxylic acids is 1. The van der Waals surface area contributed by atoms with Gasteiger partial charge in [-0.25, -0.2) is 14.8 Å². The van der Waals surface area contributed by atoms with E-state index in [1.165, 1.54) is 25.2 Å². The summed E-state index contributed by atoms with van der Waals surface area (Å²) in [4.78, 5) is 18.8. The molecule has 108 valence electrons. The normalized spacial score (nSPS) is 14.0. The summed E-state index contributed by atoms with van der Waals surface area (Å²) in [5.74, 6) is 0.530. The van der Waals surface area contributed by atoms with E-state index in [0.717, 1.165) is 23.5 Å². The number of carbonyl (C=O) groups is 1. The minimum atomic E-state index is -1.06. The smallest absolute Gasteiger partial charge is 0.354 e. The van der Waals surface area contributed by atoms with E-state index in [-0.39, 0.29) is 5.69 Å². The first-order chi connectivity index (χ1) is 10.1. The number of hydrogen-bond donors (Lipinski definition) is 1. The molecule has 5 nitrogen and oxygen atoms in total. The molecule has 3 rings (SSSR count). The molecule has 21 heavy (non-hydrogen) atoms. The van der Waals surface area contributed by atoms with E-state index in [4.69, 9.17) is 9.84 Å². The Balaban J connectivity index is 1.83. The zero-order chi connectivity index (χ0) is 14.8. The van der Waals surface area contributed by atoms with Crippen molar-refractivity contribution in [3.63, 3.8) is 0 Å². The lowest BCUT2D eigenvalue weighted by molar-refractivity contribution is 0.0690. The lowest BCUT2D eigenvalue weighted by Crippen LogP contribution is -2.02. The standard InChI is InChI=1S/C16H16N2O3/c1-10-6-12(4-5-15(10)21-8-11-2-3-11)13-7-14(16(19)20)18-9-17-13/h4-7,9,11H,2-3,8H2,1H3,(H,19,20). The van der Waals surface area contributed by atoms with Gasteiger partial charge in [-0.15, -0.1) is 0 Å². The Morgan fingerprint density at radius 1 is 1.33 bits per heavy atom. The first-order valence-corrected chi connectivity index (χ1v) is 6.92. The van der Waals surface area contributed by atoms with Crippen molar-refractivity contribution in [2.75, 3.05) is 6.61 Å². The molecule has 1 heterocycles. The van der Waals surface area contributed by atoms with Gasteiger partial charge in [-0.05, 0) is 55.5 Å². The zero-order valence-corrected chi connectivity index (χ0v) is 11.7. The number of hydrogen-bond acceptors (Lipinski definition) is 4. The van der Waals surface area contributed by atoms with Crippen LogP contribution >= 0.6 is 0 Å². The van der Waals surface area contributed by atoms with Crippen molar-refractivity contribution in [2.24, 2.45) is 5.92 Å². The Morgan fingerprint density at radius 3 is 2.81 bits per heavy atom. The molecule has 1 aromatic carbocycles. The summed E-state index contributed by atoms with van der Waals surface area (Å²) in [5.41, 5.74) is 2.46. The van der Waals surface area contributed by atoms with Crippen LogP contribution in [0.1, 0.15) is 28.9 Å². The molecule has 0 amide bonds. The second-order valence-corrected chi connectivity index (χ2v) is 5.33. The molecule has 1 aliphatic rings. The van der Waals surface area contributed by atoms with Gasteiger partial charge in [-0.2, -0.15) is 0 Å². The maximum absolute atomic E-state index is 11.0. The van der Waals surface area contributed by atoms with Gasteiger partial charge in [-0.3, -0.25) is 0 Å². The van der Waals surface area contributed by atoms with E-state index in [1.807, 2.05) is 25.1 Å². The van der Waals surface area contributed by atoms with Crippen molar-refractivity contribution in [3.8, 4) is 17.0 Å². The molecule has 0 bridgehead atoms. The molecule has 0 atom stereocenters. The van der Waals surface area contributed by atoms with Gasteiger partial charge < -0.3 is 9.84 Å². The molecule has 1 saturated carbocycles. The Kier molecular flexibility index (Phi) is 3.56. The van der Waals surface area contributed by atoms with Gasteiger partial charge in [0.25, 0.3) is 0 Å². The molecule has 0 saturated heterocycles. The second-order valence-electron chi connectivity index (χ2n) is 5.33. The Morgan fingerprint density at radius 2 is 2.14 bits per heavy atom. The molecule has 0 radical (unpaired) electrons. The molecular weight excluding hydrogens is 268 g/mol. The van der Waals surface area contributed by atoms with E-state index in [0.29, 0.717) is 11.6 Å². The number of carboxylic acids is 1. The number of rotatable bonds is 5. The molecule has 2 aromatic rings. The van der Waals surface area contributed by atoms with Crippen molar-refractivity contribution < 1.29 is 14.6 Å². The minimum absolute atomic E-state index is 0.00767. The maximum Gasteiger partial charge on any atom is 0.354 e. The van der Waals surface area contributed by atoms with Gasteiger partial charge in [0.1, 0.15) is 12.1 Å². The van der Waals surface area contributed by atoms with E-state index in [9.17, 15) is 4.79 Å². The molecule has 1 N–H and O–H groups in total. The average molecular weight is 284 g/mol. The topological polar surface area (TPSA) is 72.3 Å². The zero-order valence-electron chi connectivity index (χ0n) is 11.7. The van der Waals surface area contributed by atoms with Gasteiger partial charge in [-0.1, -0.05) is 0 Å². The first-order valence-electron chi connectivity index (χ1n) is 6.92. The van der Waals surface area contributed by atoms with Crippen molar-refractivity contribution in [3.05, 3.63) is 41.9 Å². The third-order valence-electron chi connectivity index (χ3n) is 3.53. The van der Waals surface area contributed by atoms with Crippen LogP contribution in [0, 0.1) is 12.8 Å². The quantitative estimate of drug-likeness (QED) is 0.914. The van der Waals surface area contributed by atoms with E-state index in [1.54, 1.807) is 0 Å². The highest BCUT2D eigenvalue weighted by molar-refractivity contribution is 5.86. The van der Waals surface area contributed by atoms with E-state index < -0.39 is 5.97 Å². The van der Waals surface area contributed by atoms with E-state index >= 15 is 0 Å². The first kappa shape index (κ1) is 13.5. The molecule has 5 heteroatoms. The molecular formula is C16H16N2O3. The van der Waals surface area contributed by atoms with Gasteiger partial charge in [0.2, 0.25) is 0 Å². The van der Waals surface area contributed by atoms with Crippen molar-refractivity contribution in [2.45, 2.75) is 19.8 Å². The van der Waals surface area contributed by atoms with Crippen molar-refractivity contribution in [1.82, 2.24) is 9.97 Å². The summed E-state index contributed by atoms with van der Waals surface area (Å²) in [6, 6.07) is 7.23. The lowest BCUT2D eigenvalue weighted by atomic mass is 10.1. The van der Waals surface area contributed by atoms with Gasteiger partial charge in [0.05, 0.1) is 12.3 Å². The van der Waals surface area contributed by atoms with Crippen molar-refractivity contribution in [1.29, 1.82) is 0 Å². The second kappa shape index (κ2) is 5.52. The van der Waals surface area contributed by atoms with Crippen LogP contribution < -0.4 is 4.74 Å². The monoisotopic (exact) mass is 284 g/mol. The Labute approximate surface area is 122 Å². The predicted octanol–water partition coefficient (Wildman–Crippen LogP) is 2.94. The fourth-order valence-electron chi connectivity index (χ4n) is 2.09. The van der Waals surface area contributed by atoms with Crippen LogP contribution in [0.3, 0.4) is 0 Å². The fourth-order valence-corrected chi connectivity index (χ4v) is 2.09. The third-order valence-corrected chi connectivity index (χ3v) is 3.53. The summed E-state index contributed by atoms with van der Waals surface area (Å²) < 4.78 is 5.79. The number of ether oxygens (including phenoxy) is 1. The number of carboxylic acid groups (broad SMARTS) is 1. The number of benzene rings is 1. The number of aromatic nitrogens is 2. The molecule has 1 aliphatic carbocycles. The molecule has 1 fully saturated rings. The van der Waals surface area contributed by atoms with Gasteiger partial charge in [0.15, 0.2) is 5.69 Å². The summed E-state index contributed by atoms with van der Waals surface area (Å²) in [6.45, 7) is 2.75. The van der Waals surface area contributed by atoms with Crippen LogP contribution in [0.5, 0.6) is 5.75 Å². The highest BCUT2D eigenvalue weighted by Gasteiger charge is 2.22. The highest BCUT2D eigenvalue weighted by atomic mass is 16.5. The number of nitrogens with zero attached hydrogens (tertiary/aromatic N) is 2. The fraction of sp³-hybridized carbons (Fsp3) is 0.312. The molecule has 1 aromatic heterocycles. The van der Waals surface area contributed by atoms with Crippen LogP contribution in [0.4, 0.5) is 0 Å². The Bertz CT molecular complexity index is 681. The van der Waals surface area contributed by atoms with Crippen LogP contribution in [-0.4, -0.2) is 27.7 Å². The van der Waals surface area contributed by atoms with Gasteiger partial charge in [0, 0.05) is 5.56 Å². The van der Waals surface area contributed by atoms with Crippen LogP contribution in [0.15, 0.2) is 30.6 Å². The third kappa shape index (κ3) is 3.18. The van der Waals surface area contributed by atoms with Crippen LogP contribution in [-0.2, 0) is 0 Å². The van der Waals surface area contributed by atoms with Crippen molar-refractivity contribution >= 4 is 5.97 Å². The van der Waals surface area contributed by atoms with Crippen LogP contribution in [0.25, 0.3) is 11.3 Å². The summed E-state index contributed by atoms with van der Waals surface area (Å²) in [5, 5.41) is 8.97. The molecule has 0 spiro atoms. The van der Waals surface area contributed by atoms with Gasteiger partial charge >= 0.3 is 5.97 Å². The number of aryl methyl sites for hydroxylation is 1. The summed E-state index contributed by atoms with van der Waals surface area (Å²) in [6.07, 6.45) is 3.79. The molecule has 0 unspecified atom stereocenters. The predicted molar refractivity (Wildman–Crippen MR) is 77.4 cm³/mol. The largest absolute Gasteiger partial charge is 0.493 e. The minimum Gasteiger partial charge on any atom is -0.493 e. The highest BCUT2D eigenvalue weighted by Crippen LogP contribution is 2.31. The lowest BCUT2D eigenvalue weighted by Gasteiger charge is -2.10. The average Bonchev–Trinajstić information content (AvgIpc) is 3.30. The van der Waals surface area contributed by atoms with E-state index in [2.05, 4.69) is 9.97 Å². The Hall–Kier alpha value is -2.43.